The highest BCUT2D eigenvalue weighted by Gasteiger charge is 2.24. The maximum absolute atomic E-state index is 12.6. The lowest BCUT2D eigenvalue weighted by atomic mass is 10.1. The van der Waals surface area contributed by atoms with Crippen LogP contribution in [0.25, 0.3) is 0 Å². The molecule has 0 aliphatic rings. The standard InChI is InChI=1S/C21H24N6O4/c1-5-30-18(28)16-12(3)17(23-13(16)4)19(29)31-10-15-25-20(22)27-21(26-15)24-14-8-6-11(2)7-9-14/h6-9,23H,5,10H2,1-4H3,(H3,22,24,25,26,27). The summed E-state index contributed by atoms with van der Waals surface area (Å²) in [6.45, 7) is 7.05. The summed E-state index contributed by atoms with van der Waals surface area (Å²) >= 11 is 0. The maximum Gasteiger partial charge on any atom is 0.355 e. The van der Waals surface area contributed by atoms with Crippen molar-refractivity contribution >= 4 is 29.5 Å². The number of hydrogen-bond acceptors (Lipinski definition) is 9. The summed E-state index contributed by atoms with van der Waals surface area (Å²) in [6, 6.07) is 7.65. The first-order chi connectivity index (χ1) is 14.8. The smallest absolute Gasteiger partial charge is 0.355 e. The lowest BCUT2D eigenvalue weighted by molar-refractivity contribution is 0.0455. The van der Waals surface area contributed by atoms with Gasteiger partial charge in [0.25, 0.3) is 0 Å². The van der Waals surface area contributed by atoms with Crippen molar-refractivity contribution in [1.82, 2.24) is 19.9 Å². The van der Waals surface area contributed by atoms with Gasteiger partial charge in [0.15, 0.2) is 12.4 Å². The molecule has 0 radical (unpaired) electrons. The van der Waals surface area contributed by atoms with Gasteiger partial charge in [0.1, 0.15) is 5.69 Å². The normalized spacial score (nSPS) is 10.6. The monoisotopic (exact) mass is 424 g/mol. The highest BCUT2D eigenvalue weighted by molar-refractivity contribution is 5.98. The Morgan fingerprint density at radius 2 is 1.74 bits per heavy atom. The van der Waals surface area contributed by atoms with Crippen LogP contribution in [0.5, 0.6) is 0 Å². The van der Waals surface area contributed by atoms with Crippen molar-refractivity contribution in [3.63, 3.8) is 0 Å². The molecule has 0 unspecified atom stereocenters. The highest BCUT2D eigenvalue weighted by Crippen LogP contribution is 2.20. The molecule has 0 aliphatic heterocycles. The molecule has 4 N–H and O–H groups in total. The zero-order valence-corrected chi connectivity index (χ0v) is 17.8. The highest BCUT2D eigenvalue weighted by atomic mass is 16.5. The Bertz CT molecular complexity index is 1110. The third kappa shape index (κ3) is 5.16. The van der Waals surface area contributed by atoms with Crippen LogP contribution in [-0.4, -0.2) is 38.5 Å². The van der Waals surface area contributed by atoms with Gasteiger partial charge in [0.05, 0.1) is 12.2 Å². The second kappa shape index (κ2) is 9.24. The molecule has 0 fully saturated rings. The number of esters is 2. The third-order valence-electron chi connectivity index (χ3n) is 4.46. The number of benzene rings is 1. The molecule has 0 saturated carbocycles. The van der Waals surface area contributed by atoms with E-state index in [9.17, 15) is 9.59 Å². The number of aromatic amines is 1. The average molecular weight is 424 g/mol. The number of rotatable bonds is 7. The van der Waals surface area contributed by atoms with E-state index >= 15 is 0 Å². The van der Waals surface area contributed by atoms with Gasteiger partial charge in [-0.05, 0) is 45.4 Å². The molecule has 10 nitrogen and oxygen atoms in total. The van der Waals surface area contributed by atoms with Crippen molar-refractivity contribution in [3.8, 4) is 0 Å². The third-order valence-corrected chi connectivity index (χ3v) is 4.46. The molecular weight excluding hydrogens is 400 g/mol. The number of carbonyl (C=O) groups is 2. The van der Waals surface area contributed by atoms with E-state index in [2.05, 4.69) is 25.3 Å². The van der Waals surface area contributed by atoms with Crippen LogP contribution in [0, 0.1) is 20.8 Å². The summed E-state index contributed by atoms with van der Waals surface area (Å²) in [5, 5.41) is 3.04. The lowest BCUT2D eigenvalue weighted by Gasteiger charge is -2.08. The van der Waals surface area contributed by atoms with Gasteiger partial charge in [-0.15, -0.1) is 0 Å². The van der Waals surface area contributed by atoms with Gasteiger partial charge in [-0.3, -0.25) is 0 Å². The minimum Gasteiger partial charge on any atom is -0.462 e. The Labute approximate surface area is 179 Å². The number of hydrogen-bond donors (Lipinski definition) is 3. The molecule has 0 spiro atoms. The topological polar surface area (TPSA) is 145 Å². The minimum absolute atomic E-state index is 0.00726. The van der Waals surface area contributed by atoms with Crippen LogP contribution in [0.4, 0.5) is 17.6 Å². The number of H-pyrrole nitrogens is 1. The van der Waals surface area contributed by atoms with Gasteiger partial charge >= 0.3 is 11.9 Å². The largest absolute Gasteiger partial charge is 0.462 e. The lowest BCUT2D eigenvalue weighted by Crippen LogP contribution is -2.12. The molecule has 3 aromatic rings. The van der Waals surface area contributed by atoms with Crippen LogP contribution >= 0.6 is 0 Å². The summed E-state index contributed by atoms with van der Waals surface area (Å²) in [5.41, 5.74) is 9.13. The number of nitrogen functional groups attached to an aromatic ring is 1. The van der Waals surface area contributed by atoms with Gasteiger partial charge in [0, 0.05) is 11.4 Å². The number of nitrogens with one attached hydrogen (secondary N) is 2. The van der Waals surface area contributed by atoms with Crippen LogP contribution < -0.4 is 11.1 Å². The van der Waals surface area contributed by atoms with Crippen LogP contribution in [0.3, 0.4) is 0 Å². The minimum atomic E-state index is -0.650. The van der Waals surface area contributed by atoms with Crippen LogP contribution in [0.2, 0.25) is 0 Å². The molecule has 162 valence electrons. The Kier molecular flexibility index (Phi) is 6.49. The molecule has 0 atom stereocenters. The van der Waals surface area contributed by atoms with Crippen LogP contribution in [0.1, 0.15) is 50.4 Å². The molecule has 3 rings (SSSR count). The quantitative estimate of drug-likeness (QED) is 0.487. The van der Waals surface area contributed by atoms with Gasteiger partial charge in [-0.2, -0.15) is 15.0 Å². The SMILES string of the molecule is CCOC(=O)c1c(C)[nH]c(C(=O)OCc2nc(N)nc(Nc3ccc(C)cc3)n2)c1C. The number of anilines is 3. The van der Waals surface area contributed by atoms with E-state index < -0.39 is 11.9 Å². The van der Waals surface area contributed by atoms with Crippen LogP contribution in [-0.2, 0) is 16.1 Å². The van der Waals surface area contributed by atoms with E-state index in [4.69, 9.17) is 15.2 Å². The van der Waals surface area contributed by atoms with Gasteiger partial charge in [-0.1, -0.05) is 17.7 Å². The summed E-state index contributed by atoms with van der Waals surface area (Å²) < 4.78 is 10.4. The first-order valence-corrected chi connectivity index (χ1v) is 9.66. The Balaban J connectivity index is 1.72. The molecule has 0 amide bonds. The molecule has 31 heavy (non-hydrogen) atoms. The van der Waals surface area contributed by atoms with E-state index in [0.717, 1.165) is 11.3 Å². The summed E-state index contributed by atoms with van der Waals surface area (Å²) in [4.78, 5) is 39.8. The number of carbonyl (C=O) groups excluding carboxylic acids is 2. The van der Waals surface area contributed by atoms with Gasteiger partial charge in [0.2, 0.25) is 11.9 Å². The average Bonchev–Trinajstić information content (AvgIpc) is 3.02. The predicted molar refractivity (Wildman–Crippen MR) is 114 cm³/mol. The first-order valence-electron chi connectivity index (χ1n) is 9.66. The predicted octanol–water partition coefficient (Wildman–Crippen LogP) is 2.98. The molecular formula is C21H24N6O4. The zero-order valence-electron chi connectivity index (χ0n) is 17.8. The maximum atomic E-state index is 12.6. The number of nitrogens with two attached hydrogens (primary N) is 1. The molecule has 1 aromatic carbocycles. The van der Waals surface area contributed by atoms with Crippen LogP contribution in [0.15, 0.2) is 24.3 Å². The Morgan fingerprint density at radius 1 is 1.03 bits per heavy atom. The van der Waals surface area contributed by atoms with Crippen molar-refractivity contribution in [2.45, 2.75) is 34.3 Å². The van der Waals surface area contributed by atoms with Crippen molar-refractivity contribution in [2.24, 2.45) is 0 Å². The Morgan fingerprint density at radius 3 is 2.42 bits per heavy atom. The second-order valence-corrected chi connectivity index (χ2v) is 6.85. The number of aromatic nitrogens is 4. The summed E-state index contributed by atoms with van der Waals surface area (Å²) in [5.74, 6) is -0.735. The van der Waals surface area contributed by atoms with E-state index in [1.807, 2.05) is 31.2 Å². The molecule has 10 heteroatoms. The van der Waals surface area contributed by atoms with Gasteiger partial charge in [-0.25, -0.2) is 9.59 Å². The fraction of sp³-hybridized carbons (Fsp3) is 0.286. The van der Waals surface area contributed by atoms with E-state index in [-0.39, 0.29) is 36.6 Å². The van der Waals surface area contributed by atoms with Crippen molar-refractivity contribution < 1.29 is 19.1 Å². The summed E-state index contributed by atoms with van der Waals surface area (Å²) in [7, 11) is 0. The van der Waals surface area contributed by atoms with Crippen molar-refractivity contribution in [2.75, 3.05) is 17.7 Å². The molecule has 0 saturated heterocycles. The number of nitrogens with zero attached hydrogens (tertiary/aromatic N) is 3. The first kappa shape index (κ1) is 21.8. The second-order valence-electron chi connectivity index (χ2n) is 6.85. The molecule has 2 heterocycles. The Hall–Kier alpha value is -3.95. The zero-order chi connectivity index (χ0) is 22.5. The molecule has 2 aromatic heterocycles. The molecule has 0 aliphatic carbocycles. The number of aryl methyl sites for hydroxylation is 2. The van der Waals surface area contributed by atoms with E-state index in [0.29, 0.717) is 16.8 Å². The fourth-order valence-corrected chi connectivity index (χ4v) is 2.99. The summed E-state index contributed by atoms with van der Waals surface area (Å²) in [6.07, 6.45) is 0. The van der Waals surface area contributed by atoms with Gasteiger partial charge < -0.3 is 25.5 Å². The van der Waals surface area contributed by atoms with E-state index in [1.54, 1.807) is 20.8 Å². The van der Waals surface area contributed by atoms with Crippen molar-refractivity contribution in [1.29, 1.82) is 0 Å². The van der Waals surface area contributed by atoms with Crippen molar-refractivity contribution in [3.05, 3.63) is 58.2 Å². The van der Waals surface area contributed by atoms with E-state index in [1.165, 1.54) is 0 Å². The fourth-order valence-electron chi connectivity index (χ4n) is 2.99. The number of ether oxygens (including phenoxy) is 2. The molecule has 0 bridgehead atoms.